The molecule has 0 rings (SSSR count). The van der Waals surface area contributed by atoms with Crippen molar-refractivity contribution in [2.45, 2.75) is 25.3 Å². The van der Waals surface area contributed by atoms with E-state index in [4.69, 9.17) is 15.4 Å². The van der Waals surface area contributed by atoms with Crippen molar-refractivity contribution in [2.75, 3.05) is 13.2 Å². The van der Waals surface area contributed by atoms with Gasteiger partial charge >= 0.3 is 0 Å². The first-order valence-electron chi connectivity index (χ1n) is 3.37. The van der Waals surface area contributed by atoms with Crippen LogP contribution in [0.1, 0.15) is 19.8 Å². The van der Waals surface area contributed by atoms with Crippen LogP contribution < -0.4 is 5.48 Å². The molecule has 0 bridgehead atoms. The van der Waals surface area contributed by atoms with E-state index in [2.05, 4.69) is 0 Å². The predicted molar refractivity (Wildman–Crippen MR) is 36.7 cm³/mol. The van der Waals surface area contributed by atoms with Gasteiger partial charge in [0, 0.05) is 0 Å². The summed E-state index contributed by atoms with van der Waals surface area (Å²) in [6, 6.07) is 0. The van der Waals surface area contributed by atoms with Gasteiger partial charge in [0.2, 0.25) is 0 Å². The number of aliphatic hydroxyl groups is 2. The van der Waals surface area contributed by atoms with Gasteiger partial charge < -0.3 is 15.4 Å². The summed E-state index contributed by atoms with van der Waals surface area (Å²) in [4.78, 5) is 0. The van der Waals surface area contributed by atoms with Crippen LogP contribution in [0, 0.1) is 0 Å². The van der Waals surface area contributed by atoms with Gasteiger partial charge in [0.25, 0.3) is 0 Å². The molecule has 0 saturated carbocycles. The highest BCUT2D eigenvalue weighted by Crippen LogP contribution is 2.09. The number of hydroxylamine groups is 1. The Morgan fingerprint density at radius 1 is 1.30 bits per heavy atom. The fraction of sp³-hybridized carbons (Fsp3) is 1.00. The molecular weight excluding hydrogens is 134 g/mol. The average molecular weight is 149 g/mol. The molecule has 4 nitrogen and oxygen atoms in total. The second kappa shape index (κ2) is 4.62. The first kappa shape index (κ1) is 9.84. The summed E-state index contributed by atoms with van der Waals surface area (Å²) in [6.07, 6.45) is 1.35. The van der Waals surface area contributed by atoms with Gasteiger partial charge in [-0.1, -0.05) is 13.3 Å². The minimum atomic E-state index is -0.908. The molecule has 0 heterocycles. The van der Waals surface area contributed by atoms with Gasteiger partial charge in [-0.25, -0.2) is 0 Å². The van der Waals surface area contributed by atoms with Gasteiger partial charge in [0.15, 0.2) is 0 Å². The molecule has 0 spiro atoms. The van der Waals surface area contributed by atoms with Crippen LogP contribution in [0.5, 0.6) is 0 Å². The lowest BCUT2D eigenvalue weighted by molar-refractivity contribution is -0.0168. The van der Waals surface area contributed by atoms with Crippen LogP contribution in [0.25, 0.3) is 0 Å². The summed E-state index contributed by atoms with van der Waals surface area (Å²) in [5.41, 5.74) is 1.01. The zero-order valence-electron chi connectivity index (χ0n) is 6.17. The molecule has 0 aliphatic carbocycles. The molecule has 0 amide bonds. The SMILES string of the molecule is CCCC(CO)(CO)NO. The van der Waals surface area contributed by atoms with E-state index in [1.807, 2.05) is 12.4 Å². The molecule has 4 N–H and O–H groups in total. The zero-order chi connectivity index (χ0) is 8.04. The van der Waals surface area contributed by atoms with E-state index in [9.17, 15) is 0 Å². The molecule has 0 atom stereocenters. The van der Waals surface area contributed by atoms with Crippen molar-refractivity contribution in [3.8, 4) is 0 Å². The highest BCUT2D eigenvalue weighted by molar-refractivity contribution is 4.82. The Morgan fingerprint density at radius 2 is 1.80 bits per heavy atom. The number of nitrogens with one attached hydrogen (secondary N) is 1. The Hall–Kier alpha value is -0.160. The maximum Gasteiger partial charge on any atom is 0.0889 e. The van der Waals surface area contributed by atoms with Gasteiger partial charge in [0.1, 0.15) is 0 Å². The maximum absolute atomic E-state index is 8.73. The number of hydrogen-bond acceptors (Lipinski definition) is 4. The summed E-state index contributed by atoms with van der Waals surface area (Å²) < 4.78 is 0. The smallest absolute Gasteiger partial charge is 0.0889 e. The molecule has 0 radical (unpaired) electrons. The van der Waals surface area contributed by atoms with E-state index >= 15 is 0 Å². The lowest BCUT2D eigenvalue weighted by Crippen LogP contribution is -2.50. The third kappa shape index (κ3) is 2.22. The van der Waals surface area contributed by atoms with Gasteiger partial charge in [0.05, 0.1) is 18.8 Å². The minimum Gasteiger partial charge on any atom is -0.394 e. The fourth-order valence-corrected chi connectivity index (χ4v) is 0.813. The summed E-state index contributed by atoms with van der Waals surface area (Å²) in [6.45, 7) is 1.40. The Kier molecular flexibility index (Phi) is 4.55. The van der Waals surface area contributed by atoms with Gasteiger partial charge in [-0.15, -0.1) is 0 Å². The monoisotopic (exact) mass is 149 g/mol. The first-order chi connectivity index (χ1) is 4.74. The molecule has 0 fully saturated rings. The lowest BCUT2D eigenvalue weighted by atomic mass is 9.97. The zero-order valence-corrected chi connectivity index (χ0v) is 6.17. The summed E-state index contributed by atoms with van der Waals surface area (Å²) >= 11 is 0. The van der Waals surface area contributed by atoms with Crippen molar-refractivity contribution < 1.29 is 15.4 Å². The summed E-state index contributed by atoms with van der Waals surface area (Å²) in [5.74, 6) is 0. The first-order valence-corrected chi connectivity index (χ1v) is 3.37. The molecular formula is C6H15NO3. The van der Waals surface area contributed by atoms with Crippen LogP contribution in [0.2, 0.25) is 0 Å². The Morgan fingerprint density at radius 3 is 1.90 bits per heavy atom. The Labute approximate surface area is 60.5 Å². The number of rotatable bonds is 5. The normalized spacial score (nSPS) is 12.0. The third-order valence-electron chi connectivity index (χ3n) is 1.57. The van der Waals surface area contributed by atoms with Crippen LogP contribution in [-0.4, -0.2) is 34.2 Å². The average Bonchev–Trinajstić information content (AvgIpc) is 2.01. The second-order valence-corrected chi connectivity index (χ2v) is 2.46. The molecule has 0 aromatic heterocycles. The van der Waals surface area contributed by atoms with Crippen LogP contribution in [0.4, 0.5) is 0 Å². The minimum absolute atomic E-state index is 0.256. The molecule has 0 saturated heterocycles. The summed E-state index contributed by atoms with van der Waals surface area (Å²) in [7, 11) is 0. The van der Waals surface area contributed by atoms with Gasteiger partial charge in [-0.3, -0.25) is 0 Å². The largest absolute Gasteiger partial charge is 0.394 e. The van der Waals surface area contributed by atoms with E-state index in [-0.39, 0.29) is 13.2 Å². The van der Waals surface area contributed by atoms with Crippen LogP contribution in [0.15, 0.2) is 0 Å². The Balaban J connectivity index is 3.87. The van der Waals surface area contributed by atoms with Gasteiger partial charge in [-0.05, 0) is 6.42 Å². The summed E-state index contributed by atoms with van der Waals surface area (Å²) in [5, 5.41) is 26.0. The second-order valence-electron chi connectivity index (χ2n) is 2.46. The fourth-order valence-electron chi connectivity index (χ4n) is 0.813. The topological polar surface area (TPSA) is 72.7 Å². The van der Waals surface area contributed by atoms with E-state index < -0.39 is 5.54 Å². The lowest BCUT2D eigenvalue weighted by Gasteiger charge is -2.26. The molecule has 0 aromatic carbocycles. The van der Waals surface area contributed by atoms with Crippen molar-refractivity contribution in [3.63, 3.8) is 0 Å². The molecule has 0 unspecified atom stereocenters. The van der Waals surface area contributed by atoms with Crippen LogP contribution >= 0.6 is 0 Å². The molecule has 0 aliphatic heterocycles. The van der Waals surface area contributed by atoms with E-state index in [1.165, 1.54) is 0 Å². The van der Waals surface area contributed by atoms with Crippen molar-refractivity contribution in [2.24, 2.45) is 0 Å². The van der Waals surface area contributed by atoms with Gasteiger partial charge in [-0.2, -0.15) is 5.48 Å². The van der Waals surface area contributed by atoms with E-state index in [0.717, 1.165) is 6.42 Å². The van der Waals surface area contributed by atoms with Crippen LogP contribution in [-0.2, 0) is 0 Å². The van der Waals surface area contributed by atoms with Crippen molar-refractivity contribution >= 4 is 0 Å². The van der Waals surface area contributed by atoms with Crippen LogP contribution in [0.3, 0.4) is 0 Å². The molecule has 0 aliphatic rings. The molecule has 62 valence electrons. The van der Waals surface area contributed by atoms with E-state index in [0.29, 0.717) is 6.42 Å². The Bertz CT molecular complexity index is 74.8. The van der Waals surface area contributed by atoms with E-state index in [1.54, 1.807) is 0 Å². The highest BCUT2D eigenvalue weighted by atomic mass is 16.5. The molecule has 10 heavy (non-hydrogen) atoms. The third-order valence-corrected chi connectivity index (χ3v) is 1.57. The standard InChI is InChI=1S/C6H15NO3/c1-2-3-6(4-8,5-9)7-10/h7-10H,2-5H2,1H3. The molecule has 4 heteroatoms. The number of aliphatic hydroxyl groups excluding tert-OH is 2. The van der Waals surface area contributed by atoms with Crippen molar-refractivity contribution in [1.82, 2.24) is 5.48 Å². The molecule has 0 aromatic rings. The highest BCUT2D eigenvalue weighted by Gasteiger charge is 2.26. The van der Waals surface area contributed by atoms with Crippen molar-refractivity contribution in [3.05, 3.63) is 0 Å². The maximum atomic E-state index is 8.73. The van der Waals surface area contributed by atoms with Crippen molar-refractivity contribution in [1.29, 1.82) is 0 Å². The number of hydrogen-bond donors (Lipinski definition) is 4. The quantitative estimate of drug-likeness (QED) is 0.397. The predicted octanol–water partition coefficient (Wildman–Crippen LogP) is -0.511.